The van der Waals surface area contributed by atoms with Crippen molar-refractivity contribution in [2.75, 3.05) is 13.2 Å². The van der Waals surface area contributed by atoms with Crippen molar-refractivity contribution in [1.29, 1.82) is 0 Å². The van der Waals surface area contributed by atoms with Crippen molar-refractivity contribution in [3.63, 3.8) is 0 Å². The number of hydrogen-bond donors (Lipinski definition) is 1. The zero-order valence-corrected chi connectivity index (χ0v) is 11.5. The van der Waals surface area contributed by atoms with Gasteiger partial charge in [0.25, 0.3) is 5.91 Å². The Morgan fingerprint density at radius 3 is 2.85 bits per heavy atom. The van der Waals surface area contributed by atoms with Crippen LogP contribution < -0.4 is 5.32 Å². The van der Waals surface area contributed by atoms with Gasteiger partial charge < -0.3 is 10.1 Å². The first-order valence-electron chi connectivity index (χ1n) is 6.38. The van der Waals surface area contributed by atoms with Gasteiger partial charge in [0.2, 0.25) is 0 Å². The Morgan fingerprint density at radius 2 is 2.25 bits per heavy atom. The van der Waals surface area contributed by atoms with Gasteiger partial charge in [-0.2, -0.15) is 5.10 Å². The Hall–Kier alpha value is -1.85. The van der Waals surface area contributed by atoms with Gasteiger partial charge in [0, 0.05) is 24.0 Å². The molecule has 20 heavy (non-hydrogen) atoms. The highest BCUT2D eigenvalue weighted by atomic mass is 35.5. The molecule has 2 unspecified atom stereocenters. The summed E-state index contributed by atoms with van der Waals surface area (Å²) < 4.78 is 6.78. The number of carbonyl (C=O) groups excluding carboxylic acids is 1. The van der Waals surface area contributed by atoms with Crippen molar-refractivity contribution in [2.24, 2.45) is 0 Å². The van der Waals surface area contributed by atoms with E-state index in [1.54, 1.807) is 6.20 Å². The molecule has 1 aliphatic rings. The van der Waals surface area contributed by atoms with Crippen molar-refractivity contribution in [3.8, 4) is 0 Å². The maximum absolute atomic E-state index is 11.7. The van der Waals surface area contributed by atoms with E-state index in [0.717, 1.165) is 5.56 Å². The van der Waals surface area contributed by atoms with Crippen LogP contribution in [0.1, 0.15) is 11.6 Å². The number of epoxide rings is 1. The molecule has 2 aromatic rings. The molecule has 3 rings (SSSR count). The molecule has 0 aliphatic carbocycles. The van der Waals surface area contributed by atoms with Crippen LogP contribution in [0.25, 0.3) is 0 Å². The molecule has 1 N–H and O–H groups in total. The van der Waals surface area contributed by atoms with Crippen LogP contribution in [0.2, 0.25) is 5.02 Å². The number of carbonyl (C=O) groups is 1. The summed E-state index contributed by atoms with van der Waals surface area (Å²) in [6.07, 6.45) is 3.31. The van der Waals surface area contributed by atoms with Crippen molar-refractivity contribution < 1.29 is 9.53 Å². The first-order valence-corrected chi connectivity index (χ1v) is 6.76. The molecule has 1 aromatic carbocycles. The van der Waals surface area contributed by atoms with E-state index in [1.807, 2.05) is 41.2 Å². The SMILES string of the molecule is O=C(NCC(c1ccc(Cl)cc1)n1cccn1)C1CO1. The summed E-state index contributed by atoms with van der Waals surface area (Å²) in [7, 11) is 0. The largest absolute Gasteiger partial charge is 0.363 e. The maximum atomic E-state index is 11.7. The molecule has 1 amide bonds. The number of aromatic nitrogens is 2. The van der Waals surface area contributed by atoms with Crippen molar-refractivity contribution in [3.05, 3.63) is 53.3 Å². The summed E-state index contributed by atoms with van der Waals surface area (Å²) in [6.45, 7) is 0.973. The van der Waals surface area contributed by atoms with Gasteiger partial charge in [-0.25, -0.2) is 0 Å². The number of hydrogen-bond acceptors (Lipinski definition) is 3. The third-order valence-electron chi connectivity index (χ3n) is 3.19. The molecule has 2 atom stereocenters. The second-order valence-electron chi connectivity index (χ2n) is 4.62. The van der Waals surface area contributed by atoms with Crippen LogP contribution in [-0.4, -0.2) is 34.9 Å². The molecule has 1 saturated heterocycles. The first kappa shape index (κ1) is 13.1. The lowest BCUT2D eigenvalue weighted by atomic mass is 10.1. The number of ether oxygens (including phenoxy) is 1. The molecule has 0 saturated carbocycles. The van der Waals surface area contributed by atoms with E-state index in [4.69, 9.17) is 16.3 Å². The molecule has 2 heterocycles. The minimum atomic E-state index is -0.279. The van der Waals surface area contributed by atoms with E-state index in [0.29, 0.717) is 18.2 Å². The monoisotopic (exact) mass is 291 g/mol. The first-order chi connectivity index (χ1) is 9.74. The number of benzene rings is 1. The van der Waals surface area contributed by atoms with Gasteiger partial charge >= 0.3 is 0 Å². The number of nitrogens with zero attached hydrogens (tertiary/aromatic N) is 2. The Kier molecular flexibility index (Phi) is 3.71. The zero-order chi connectivity index (χ0) is 13.9. The molecular formula is C14H14ClN3O2. The van der Waals surface area contributed by atoms with Crippen molar-refractivity contribution in [1.82, 2.24) is 15.1 Å². The van der Waals surface area contributed by atoms with Crippen LogP contribution in [-0.2, 0) is 9.53 Å². The fraction of sp³-hybridized carbons (Fsp3) is 0.286. The lowest BCUT2D eigenvalue weighted by Crippen LogP contribution is -2.34. The quantitative estimate of drug-likeness (QED) is 0.852. The highest BCUT2D eigenvalue weighted by molar-refractivity contribution is 6.30. The average molecular weight is 292 g/mol. The fourth-order valence-corrected chi connectivity index (χ4v) is 2.15. The minimum Gasteiger partial charge on any atom is -0.363 e. The molecule has 1 aromatic heterocycles. The molecule has 104 valence electrons. The van der Waals surface area contributed by atoms with Gasteiger partial charge in [0.05, 0.1) is 12.6 Å². The van der Waals surface area contributed by atoms with Crippen LogP contribution in [0.15, 0.2) is 42.7 Å². The predicted octanol–water partition coefficient (Wildman–Crippen LogP) is 1.64. The van der Waals surface area contributed by atoms with Crippen molar-refractivity contribution >= 4 is 17.5 Å². The molecule has 1 fully saturated rings. The van der Waals surface area contributed by atoms with Crippen LogP contribution in [0.5, 0.6) is 0 Å². The fourth-order valence-electron chi connectivity index (χ4n) is 2.02. The molecule has 0 radical (unpaired) electrons. The van der Waals surface area contributed by atoms with Gasteiger partial charge in [-0.3, -0.25) is 9.48 Å². The molecule has 1 aliphatic heterocycles. The van der Waals surface area contributed by atoms with Gasteiger partial charge in [-0.15, -0.1) is 0 Å². The summed E-state index contributed by atoms with van der Waals surface area (Å²) in [4.78, 5) is 11.7. The summed E-state index contributed by atoms with van der Waals surface area (Å²) in [5, 5.41) is 7.83. The number of amides is 1. The Morgan fingerprint density at radius 1 is 1.50 bits per heavy atom. The summed E-state index contributed by atoms with van der Waals surface area (Å²) in [6, 6.07) is 9.33. The Bertz CT molecular complexity index is 579. The lowest BCUT2D eigenvalue weighted by molar-refractivity contribution is -0.122. The van der Waals surface area contributed by atoms with E-state index in [1.165, 1.54) is 0 Å². The lowest BCUT2D eigenvalue weighted by Gasteiger charge is -2.18. The van der Waals surface area contributed by atoms with Gasteiger partial charge in [-0.1, -0.05) is 23.7 Å². The third-order valence-corrected chi connectivity index (χ3v) is 3.45. The van der Waals surface area contributed by atoms with Gasteiger partial charge in [0.15, 0.2) is 6.10 Å². The third kappa shape index (κ3) is 3.00. The van der Waals surface area contributed by atoms with Crippen LogP contribution >= 0.6 is 11.6 Å². The minimum absolute atomic E-state index is 0.0648. The Balaban J connectivity index is 1.76. The Labute approximate surface area is 121 Å². The van der Waals surface area contributed by atoms with E-state index in [9.17, 15) is 4.79 Å². The summed E-state index contributed by atoms with van der Waals surface area (Å²) >= 11 is 5.91. The van der Waals surface area contributed by atoms with Crippen LogP contribution in [0.3, 0.4) is 0 Å². The molecule has 5 nitrogen and oxygen atoms in total. The maximum Gasteiger partial charge on any atom is 0.251 e. The number of rotatable bonds is 5. The van der Waals surface area contributed by atoms with E-state index in [-0.39, 0.29) is 18.1 Å². The molecular weight excluding hydrogens is 278 g/mol. The predicted molar refractivity (Wildman–Crippen MR) is 74.6 cm³/mol. The summed E-state index contributed by atoms with van der Waals surface area (Å²) in [5.41, 5.74) is 1.04. The van der Waals surface area contributed by atoms with E-state index in [2.05, 4.69) is 10.4 Å². The van der Waals surface area contributed by atoms with Crippen LogP contribution in [0.4, 0.5) is 0 Å². The smallest absolute Gasteiger partial charge is 0.251 e. The molecule has 0 bridgehead atoms. The number of halogens is 1. The highest BCUT2D eigenvalue weighted by Gasteiger charge is 2.31. The van der Waals surface area contributed by atoms with E-state index >= 15 is 0 Å². The van der Waals surface area contributed by atoms with E-state index < -0.39 is 0 Å². The average Bonchev–Trinajstić information content (AvgIpc) is 3.18. The zero-order valence-electron chi connectivity index (χ0n) is 10.7. The standard InChI is InChI=1S/C14H14ClN3O2/c15-11-4-2-10(3-5-11)12(18-7-1-6-17-18)8-16-14(19)13-9-20-13/h1-7,12-13H,8-9H2,(H,16,19). The van der Waals surface area contributed by atoms with Crippen molar-refractivity contribution in [2.45, 2.75) is 12.1 Å². The van der Waals surface area contributed by atoms with Gasteiger partial charge in [0.1, 0.15) is 0 Å². The highest BCUT2D eigenvalue weighted by Crippen LogP contribution is 2.20. The normalized spacial score (nSPS) is 18.6. The van der Waals surface area contributed by atoms with Gasteiger partial charge in [-0.05, 0) is 23.8 Å². The topological polar surface area (TPSA) is 59.5 Å². The number of nitrogens with one attached hydrogen (secondary N) is 1. The summed E-state index contributed by atoms with van der Waals surface area (Å²) in [5.74, 6) is -0.0730. The molecule has 6 heteroatoms. The second kappa shape index (κ2) is 5.64. The second-order valence-corrected chi connectivity index (χ2v) is 5.06. The van der Waals surface area contributed by atoms with Crippen LogP contribution in [0, 0.1) is 0 Å². The molecule has 0 spiro atoms.